The lowest BCUT2D eigenvalue weighted by atomic mass is 10.2. The van der Waals surface area contributed by atoms with Gasteiger partial charge >= 0.3 is 0 Å². The Labute approximate surface area is 137 Å². The summed E-state index contributed by atoms with van der Waals surface area (Å²) in [5.41, 5.74) is 2.59. The van der Waals surface area contributed by atoms with Gasteiger partial charge in [-0.25, -0.2) is 9.97 Å². The molecule has 0 radical (unpaired) electrons. The van der Waals surface area contributed by atoms with E-state index >= 15 is 0 Å². The summed E-state index contributed by atoms with van der Waals surface area (Å²) in [4.78, 5) is 10.2. The molecule has 0 aliphatic rings. The molecule has 2 aromatic heterocycles. The second-order valence-corrected chi connectivity index (χ2v) is 6.44. The van der Waals surface area contributed by atoms with Gasteiger partial charge in [-0.3, -0.25) is 0 Å². The molecule has 112 valence electrons. The lowest BCUT2D eigenvalue weighted by molar-refractivity contribution is 0.942. The lowest BCUT2D eigenvalue weighted by Crippen LogP contribution is -2.05. The number of benzene rings is 1. The molecule has 3 rings (SSSR count). The summed E-state index contributed by atoms with van der Waals surface area (Å²) < 4.78 is 0. The van der Waals surface area contributed by atoms with Crippen LogP contribution in [0.15, 0.2) is 30.5 Å². The van der Waals surface area contributed by atoms with Gasteiger partial charge < -0.3 is 5.32 Å². The Kier molecular flexibility index (Phi) is 4.31. The normalized spacial score (nSPS) is 10.7. The van der Waals surface area contributed by atoms with Crippen molar-refractivity contribution < 1.29 is 0 Å². The van der Waals surface area contributed by atoms with Crippen molar-refractivity contribution in [1.29, 1.82) is 0 Å². The Bertz CT molecular complexity index is 783. The van der Waals surface area contributed by atoms with Crippen molar-refractivity contribution in [3.63, 3.8) is 0 Å². The van der Waals surface area contributed by atoms with Crippen LogP contribution in [0.25, 0.3) is 11.3 Å². The maximum absolute atomic E-state index is 6.19. The molecule has 0 saturated carbocycles. The number of anilines is 1. The van der Waals surface area contributed by atoms with Crippen LogP contribution in [-0.4, -0.2) is 20.2 Å². The monoisotopic (exact) mass is 331 g/mol. The molecule has 0 aliphatic heterocycles. The van der Waals surface area contributed by atoms with Gasteiger partial charge in [0.05, 0.1) is 29.2 Å². The van der Waals surface area contributed by atoms with Crippen molar-refractivity contribution in [2.24, 2.45) is 0 Å². The summed E-state index contributed by atoms with van der Waals surface area (Å²) in [6.07, 6.45) is 1.60. The van der Waals surface area contributed by atoms with E-state index < -0.39 is 0 Å². The molecular formula is C15H14ClN5S. The Balaban J connectivity index is 1.78. The fourth-order valence-corrected chi connectivity index (χ4v) is 3.05. The summed E-state index contributed by atoms with van der Waals surface area (Å²) in [6, 6.07) is 7.53. The van der Waals surface area contributed by atoms with E-state index in [9.17, 15) is 0 Å². The number of aryl methyl sites for hydroxylation is 2. The fourth-order valence-electron chi connectivity index (χ4n) is 1.95. The minimum absolute atomic E-state index is 0.461. The van der Waals surface area contributed by atoms with Crippen LogP contribution in [0.4, 0.5) is 5.95 Å². The highest BCUT2D eigenvalue weighted by Gasteiger charge is 2.08. The average Bonchev–Trinajstić information content (AvgIpc) is 2.85. The molecule has 0 spiro atoms. The maximum atomic E-state index is 6.19. The van der Waals surface area contributed by atoms with Crippen LogP contribution in [-0.2, 0) is 6.54 Å². The van der Waals surface area contributed by atoms with Crippen LogP contribution in [0.3, 0.4) is 0 Å². The molecule has 22 heavy (non-hydrogen) atoms. The first kappa shape index (κ1) is 14.9. The molecule has 2 heterocycles. The molecule has 0 atom stereocenters. The van der Waals surface area contributed by atoms with E-state index in [0.29, 0.717) is 23.2 Å². The minimum Gasteiger partial charge on any atom is -0.346 e. The Morgan fingerprint density at radius 1 is 1.18 bits per heavy atom. The molecule has 0 amide bonds. The number of halogens is 1. The molecule has 0 bridgehead atoms. The second kappa shape index (κ2) is 6.37. The van der Waals surface area contributed by atoms with Gasteiger partial charge in [0.1, 0.15) is 5.01 Å². The smallest absolute Gasteiger partial charge is 0.243 e. The Morgan fingerprint density at radius 2 is 2.00 bits per heavy atom. The first-order valence-electron chi connectivity index (χ1n) is 6.75. The molecule has 0 saturated heterocycles. The number of nitrogens with zero attached hydrogens (tertiary/aromatic N) is 4. The maximum Gasteiger partial charge on any atom is 0.243 e. The summed E-state index contributed by atoms with van der Waals surface area (Å²) in [6.45, 7) is 4.64. The zero-order chi connectivity index (χ0) is 15.5. The molecule has 5 nitrogen and oxygen atoms in total. The molecule has 0 fully saturated rings. The van der Waals surface area contributed by atoms with Crippen molar-refractivity contribution in [2.45, 2.75) is 20.4 Å². The van der Waals surface area contributed by atoms with Crippen LogP contribution in [0.1, 0.15) is 15.6 Å². The quantitative estimate of drug-likeness (QED) is 0.786. The van der Waals surface area contributed by atoms with Crippen LogP contribution < -0.4 is 5.32 Å². The van der Waals surface area contributed by atoms with Crippen LogP contribution in [0, 0.1) is 13.8 Å². The molecule has 0 aliphatic carbocycles. The van der Waals surface area contributed by atoms with E-state index in [-0.39, 0.29) is 0 Å². The van der Waals surface area contributed by atoms with E-state index in [1.165, 1.54) is 4.88 Å². The number of rotatable bonds is 4. The Morgan fingerprint density at radius 3 is 2.73 bits per heavy atom. The third-order valence-electron chi connectivity index (χ3n) is 3.18. The molecular weight excluding hydrogens is 318 g/mol. The van der Waals surface area contributed by atoms with Gasteiger partial charge in [0.15, 0.2) is 0 Å². The van der Waals surface area contributed by atoms with Gasteiger partial charge in [0, 0.05) is 10.4 Å². The van der Waals surface area contributed by atoms with Crippen LogP contribution in [0.2, 0.25) is 5.02 Å². The highest BCUT2D eigenvalue weighted by Crippen LogP contribution is 2.25. The fraction of sp³-hybridized carbons (Fsp3) is 0.200. The van der Waals surface area contributed by atoms with Gasteiger partial charge in [-0.15, -0.1) is 16.4 Å². The summed E-state index contributed by atoms with van der Waals surface area (Å²) in [5.74, 6) is 0.461. The SMILES string of the molecule is Cc1nc(CNc2nncc(-c3ccccc3Cl)n2)sc1C. The predicted octanol–water partition coefficient (Wildman–Crippen LogP) is 3.88. The minimum atomic E-state index is 0.461. The summed E-state index contributed by atoms with van der Waals surface area (Å²) >= 11 is 7.85. The molecule has 1 aromatic carbocycles. The molecule has 7 heteroatoms. The summed E-state index contributed by atoms with van der Waals surface area (Å²) in [5, 5.41) is 12.8. The molecule has 1 N–H and O–H groups in total. The summed E-state index contributed by atoms with van der Waals surface area (Å²) in [7, 11) is 0. The largest absolute Gasteiger partial charge is 0.346 e. The van der Waals surface area contributed by atoms with Gasteiger partial charge in [-0.1, -0.05) is 29.8 Å². The number of nitrogens with one attached hydrogen (secondary N) is 1. The third kappa shape index (κ3) is 3.23. The van der Waals surface area contributed by atoms with Crippen molar-refractivity contribution >= 4 is 28.9 Å². The van der Waals surface area contributed by atoms with Crippen molar-refractivity contribution in [2.75, 3.05) is 5.32 Å². The predicted molar refractivity (Wildman–Crippen MR) is 89.2 cm³/mol. The topological polar surface area (TPSA) is 63.6 Å². The van der Waals surface area contributed by atoms with Crippen LogP contribution in [0.5, 0.6) is 0 Å². The van der Waals surface area contributed by atoms with Gasteiger partial charge in [-0.05, 0) is 19.9 Å². The zero-order valence-corrected chi connectivity index (χ0v) is 13.7. The Hall–Kier alpha value is -2.05. The van der Waals surface area contributed by atoms with E-state index in [4.69, 9.17) is 11.6 Å². The van der Waals surface area contributed by atoms with Crippen molar-refractivity contribution in [3.8, 4) is 11.3 Å². The van der Waals surface area contributed by atoms with Crippen LogP contribution >= 0.6 is 22.9 Å². The first-order chi connectivity index (χ1) is 10.6. The second-order valence-electron chi connectivity index (χ2n) is 4.75. The zero-order valence-electron chi connectivity index (χ0n) is 12.2. The van der Waals surface area contributed by atoms with Gasteiger partial charge in [0.2, 0.25) is 5.95 Å². The third-order valence-corrected chi connectivity index (χ3v) is 4.58. The van der Waals surface area contributed by atoms with E-state index in [2.05, 4.69) is 32.4 Å². The highest BCUT2D eigenvalue weighted by atomic mass is 35.5. The lowest BCUT2D eigenvalue weighted by Gasteiger charge is -2.05. The van der Waals surface area contributed by atoms with Gasteiger partial charge in [0.25, 0.3) is 0 Å². The number of aromatic nitrogens is 4. The van der Waals surface area contributed by atoms with Gasteiger partial charge in [-0.2, -0.15) is 5.10 Å². The van der Waals surface area contributed by atoms with E-state index in [0.717, 1.165) is 16.3 Å². The highest BCUT2D eigenvalue weighted by molar-refractivity contribution is 7.11. The van der Waals surface area contributed by atoms with E-state index in [1.807, 2.05) is 31.2 Å². The molecule has 0 unspecified atom stereocenters. The standard InChI is InChI=1S/C15H14ClN5S/c1-9-10(2)22-14(19-9)8-17-15-20-13(7-18-21-15)11-5-3-4-6-12(11)16/h3-7H,8H2,1-2H3,(H,17,20,21). The van der Waals surface area contributed by atoms with Crippen molar-refractivity contribution in [3.05, 3.63) is 51.1 Å². The number of thiazole rings is 1. The number of hydrogen-bond acceptors (Lipinski definition) is 6. The number of hydrogen-bond donors (Lipinski definition) is 1. The van der Waals surface area contributed by atoms with Crippen molar-refractivity contribution in [1.82, 2.24) is 20.2 Å². The molecule has 3 aromatic rings. The first-order valence-corrected chi connectivity index (χ1v) is 7.94. The van der Waals surface area contributed by atoms with E-state index in [1.54, 1.807) is 17.5 Å². The average molecular weight is 332 g/mol.